The summed E-state index contributed by atoms with van der Waals surface area (Å²) in [5.41, 5.74) is 1.90. The second-order valence-electron chi connectivity index (χ2n) is 4.99. The zero-order valence-corrected chi connectivity index (χ0v) is 10.7. The topological polar surface area (TPSA) is 44.1 Å². The summed E-state index contributed by atoms with van der Waals surface area (Å²) in [6.45, 7) is 4.49. The number of nitriles is 1. The minimum atomic E-state index is 0.206. The molecule has 1 aromatic rings. The highest BCUT2D eigenvalue weighted by Crippen LogP contribution is 2.19. The zero-order chi connectivity index (χ0) is 13.0. The number of benzene rings is 1. The fraction of sp³-hybridized carbons (Fsp3) is 0.467. The van der Waals surface area contributed by atoms with Crippen molar-refractivity contribution in [3.8, 4) is 6.07 Å². The van der Waals surface area contributed by atoms with Crippen molar-refractivity contribution < 1.29 is 4.79 Å². The van der Waals surface area contributed by atoms with Crippen molar-refractivity contribution >= 4 is 5.78 Å². The second kappa shape index (κ2) is 5.79. The van der Waals surface area contributed by atoms with Crippen molar-refractivity contribution in [1.29, 1.82) is 5.26 Å². The molecule has 1 aliphatic heterocycles. The number of piperidine rings is 1. The van der Waals surface area contributed by atoms with Gasteiger partial charge in [0.25, 0.3) is 0 Å². The second-order valence-corrected chi connectivity index (χ2v) is 4.99. The van der Waals surface area contributed by atoms with E-state index in [0.29, 0.717) is 11.3 Å². The summed E-state index contributed by atoms with van der Waals surface area (Å²) < 4.78 is 0. The molecule has 1 heterocycles. The van der Waals surface area contributed by atoms with Crippen LogP contribution in [0.3, 0.4) is 0 Å². The fourth-order valence-corrected chi connectivity index (χ4v) is 2.47. The van der Waals surface area contributed by atoms with Gasteiger partial charge in [-0.3, -0.25) is 9.69 Å². The minimum absolute atomic E-state index is 0.206. The van der Waals surface area contributed by atoms with Crippen LogP contribution in [-0.4, -0.2) is 23.8 Å². The maximum absolute atomic E-state index is 11.4. The number of hydrogen-bond donors (Lipinski definition) is 0. The molecule has 0 saturated carbocycles. The minimum Gasteiger partial charge on any atom is -0.300 e. The molecule has 0 N–H and O–H groups in total. The molecule has 1 fully saturated rings. The van der Waals surface area contributed by atoms with Gasteiger partial charge in [0.15, 0.2) is 0 Å². The molecule has 94 valence electrons. The standard InChI is InChI=1S/C15H18N2O/c1-12(18)15-3-2-8-17(11-15)10-14-6-4-13(9-16)5-7-14/h4-7,15H,2-3,8,10-11H2,1H3. The molecule has 1 aliphatic rings. The first-order valence-corrected chi connectivity index (χ1v) is 6.41. The molecular weight excluding hydrogens is 224 g/mol. The van der Waals surface area contributed by atoms with E-state index in [1.54, 1.807) is 6.92 Å². The van der Waals surface area contributed by atoms with Gasteiger partial charge < -0.3 is 0 Å². The largest absolute Gasteiger partial charge is 0.300 e. The number of carbonyl (C=O) groups is 1. The smallest absolute Gasteiger partial charge is 0.134 e. The molecule has 1 unspecified atom stereocenters. The van der Waals surface area contributed by atoms with E-state index in [9.17, 15) is 4.79 Å². The number of hydrogen-bond acceptors (Lipinski definition) is 3. The van der Waals surface area contributed by atoms with E-state index in [1.807, 2.05) is 24.3 Å². The summed E-state index contributed by atoms with van der Waals surface area (Å²) in [4.78, 5) is 13.7. The summed E-state index contributed by atoms with van der Waals surface area (Å²) in [5, 5.41) is 8.75. The third kappa shape index (κ3) is 3.18. The van der Waals surface area contributed by atoms with Crippen LogP contribution in [0.4, 0.5) is 0 Å². The molecule has 3 heteroatoms. The van der Waals surface area contributed by atoms with Gasteiger partial charge in [-0.2, -0.15) is 5.26 Å². The van der Waals surface area contributed by atoms with Crippen LogP contribution in [0.15, 0.2) is 24.3 Å². The van der Waals surface area contributed by atoms with Crippen LogP contribution >= 0.6 is 0 Å². The van der Waals surface area contributed by atoms with Gasteiger partial charge >= 0.3 is 0 Å². The lowest BCUT2D eigenvalue weighted by Crippen LogP contribution is -2.37. The fourth-order valence-electron chi connectivity index (χ4n) is 2.47. The number of nitrogens with zero attached hydrogens (tertiary/aromatic N) is 2. The first-order chi connectivity index (χ1) is 8.69. The van der Waals surface area contributed by atoms with Crippen molar-refractivity contribution in [2.24, 2.45) is 5.92 Å². The van der Waals surface area contributed by atoms with Gasteiger partial charge in [-0.1, -0.05) is 12.1 Å². The average Bonchev–Trinajstić information content (AvgIpc) is 2.40. The summed E-state index contributed by atoms with van der Waals surface area (Å²) in [7, 11) is 0. The Hall–Kier alpha value is -1.66. The highest BCUT2D eigenvalue weighted by Gasteiger charge is 2.22. The van der Waals surface area contributed by atoms with Gasteiger partial charge in [0.05, 0.1) is 11.6 Å². The average molecular weight is 242 g/mol. The SMILES string of the molecule is CC(=O)C1CCCN(Cc2ccc(C#N)cc2)C1. The van der Waals surface area contributed by atoms with Crippen LogP contribution in [0.25, 0.3) is 0 Å². The Morgan fingerprint density at radius 1 is 1.44 bits per heavy atom. The monoisotopic (exact) mass is 242 g/mol. The van der Waals surface area contributed by atoms with Crippen molar-refractivity contribution in [2.45, 2.75) is 26.3 Å². The van der Waals surface area contributed by atoms with Crippen LogP contribution < -0.4 is 0 Å². The maximum Gasteiger partial charge on any atom is 0.134 e. The number of likely N-dealkylation sites (tertiary alicyclic amines) is 1. The predicted molar refractivity (Wildman–Crippen MR) is 69.8 cm³/mol. The molecule has 0 spiro atoms. The van der Waals surface area contributed by atoms with E-state index < -0.39 is 0 Å². The van der Waals surface area contributed by atoms with Crippen LogP contribution in [0.1, 0.15) is 30.9 Å². The molecule has 0 aliphatic carbocycles. The van der Waals surface area contributed by atoms with Crippen LogP contribution in [-0.2, 0) is 11.3 Å². The lowest BCUT2D eigenvalue weighted by molar-refractivity contribution is -0.122. The molecular formula is C15H18N2O. The summed E-state index contributed by atoms with van der Waals surface area (Å²) in [6, 6.07) is 9.81. The van der Waals surface area contributed by atoms with Gasteiger partial charge in [0, 0.05) is 19.0 Å². The van der Waals surface area contributed by atoms with Crippen molar-refractivity contribution in [3.63, 3.8) is 0 Å². The summed E-state index contributed by atoms with van der Waals surface area (Å²) >= 11 is 0. The van der Waals surface area contributed by atoms with Crippen LogP contribution in [0.2, 0.25) is 0 Å². The molecule has 2 rings (SSSR count). The van der Waals surface area contributed by atoms with Gasteiger partial charge in [-0.15, -0.1) is 0 Å². The molecule has 1 aromatic carbocycles. The van der Waals surface area contributed by atoms with Gasteiger partial charge in [0.1, 0.15) is 5.78 Å². The molecule has 0 aromatic heterocycles. The van der Waals surface area contributed by atoms with Crippen molar-refractivity contribution in [3.05, 3.63) is 35.4 Å². The Labute approximate surface area is 108 Å². The third-order valence-corrected chi connectivity index (χ3v) is 3.57. The lowest BCUT2D eigenvalue weighted by Gasteiger charge is -2.31. The van der Waals surface area contributed by atoms with Crippen LogP contribution in [0, 0.1) is 17.2 Å². The van der Waals surface area contributed by atoms with Crippen molar-refractivity contribution in [1.82, 2.24) is 4.90 Å². The molecule has 0 bridgehead atoms. The van der Waals surface area contributed by atoms with Gasteiger partial charge in [0.2, 0.25) is 0 Å². The highest BCUT2D eigenvalue weighted by molar-refractivity contribution is 5.78. The first-order valence-electron chi connectivity index (χ1n) is 6.41. The Morgan fingerprint density at radius 3 is 2.78 bits per heavy atom. The van der Waals surface area contributed by atoms with E-state index >= 15 is 0 Å². The number of carbonyl (C=O) groups excluding carboxylic acids is 1. The molecule has 0 amide bonds. The number of Topliss-reactive ketones (excluding diaryl/α,β-unsaturated/α-hetero) is 1. The van der Waals surface area contributed by atoms with E-state index in [1.165, 1.54) is 5.56 Å². The molecule has 1 atom stereocenters. The summed E-state index contributed by atoms with van der Waals surface area (Å²) in [6.07, 6.45) is 2.12. The first kappa shape index (κ1) is 12.8. The third-order valence-electron chi connectivity index (χ3n) is 3.57. The normalized spacial score (nSPS) is 20.3. The van der Waals surface area contributed by atoms with E-state index in [2.05, 4.69) is 11.0 Å². The number of ketones is 1. The van der Waals surface area contributed by atoms with Gasteiger partial charge in [-0.05, 0) is 44.0 Å². The van der Waals surface area contributed by atoms with E-state index in [4.69, 9.17) is 5.26 Å². The molecule has 0 radical (unpaired) electrons. The molecule has 3 nitrogen and oxygen atoms in total. The molecule has 18 heavy (non-hydrogen) atoms. The Bertz CT molecular complexity index is 458. The summed E-state index contributed by atoms with van der Waals surface area (Å²) in [5.74, 6) is 0.511. The lowest BCUT2D eigenvalue weighted by atomic mass is 9.94. The van der Waals surface area contributed by atoms with E-state index in [0.717, 1.165) is 32.5 Å². The number of rotatable bonds is 3. The molecule has 1 saturated heterocycles. The highest BCUT2D eigenvalue weighted by atomic mass is 16.1. The predicted octanol–water partition coefficient (Wildman–Crippen LogP) is 2.36. The maximum atomic E-state index is 11.4. The Kier molecular flexibility index (Phi) is 4.11. The Morgan fingerprint density at radius 2 is 2.17 bits per heavy atom. The van der Waals surface area contributed by atoms with E-state index in [-0.39, 0.29) is 5.92 Å². The zero-order valence-electron chi connectivity index (χ0n) is 10.7. The Balaban J connectivity index is 1.96. The van der Waals surface area contributed by atoms with Crippen LogP contribution in [0.5, 0.6) is 0 Å². The van der Waals surface area contributed by atoms with Crippen molar-refractivity contribution in [2.75, 3.05) is 13.1 Å². The van der Waals surface area contributed by atoms with Gasteiger partial charge in [-0.25, -0.2) is 0 Å². The quantitative estimate of drug-likeness (QED) is 0.817.